The van der Waals surface area contributed by atoms with Gasteiger partial charge in [-0.1, -0.05) is 32.5 Å². The summed E-state index contributed by atoms with van der Waals surface area (Å²) in [5, 5.41) is 15.5. The fraction of sp³-hybridized carbons (Fsp3) is 0.375. The number of nitrogens with zero attached hydrogens (tertiary/aromatic N) is 2. The van der Waals surface area contributed by atoms with Crippen molar-refractivity contribution in [2.24, 2.45) is 0 Å². The zero-order valence-electron chi connectivity index (χ0n) is 14.4. The molecule has 25 heavy (non-hydrogen) atoms. The zero-order chi connectivity index (χ0) is 18.6. The molecule has 1 heterocycles. The molecule has 9 heteroatoms. The summed E-state index contributed by atoms with van der Waals surface area (Å²) in [6.07, 6.45) is 0. The van der Waals surface area contributed by atoms with Gasteiger partial charge in [-0.3, -0.25) is 14.9 Å². The van der Waals surface area contributed by atoms with Crippen molar-refractivity contribution >= 4 is 40.4 Å². The number of aromatic nitrogens is 1. The maximum atomic E-state index is 12.1. The van der Waals surface area contributed by atoms with Gasteiger partial charge < -0.3 is 10.1 Å². The van der Waals surface area contributed by atoms with Gasteiger partial charge in [-0.25, -0.2) is 4.98 Å². The molecule has 1 N–H and O–H groups in total. The fourth-order valence-electron chi connectivity index (χ4n) is 1.88. The molecule has 0 saturated carbocycles. The van der Waals surface area contributed by atoms with Crippen LogP contribution in [0.25, 0.3) is 0 Å². The van der Waals surface area contributed by atoms with Crippen LogP contribution in [0.4, 0.5) is 11.4 Å². The fourth-order valence-corrected chi connectivity index (χ4v) is 3.73. The topological polar surface area (TPSA) is 94.4 Å². The van der Waals surface area contributed by atoms with Crippen molar-refractivity contribution in [1.82, 2.24) is 4.98 Å². The molecule has 2 aromatic rings. The minimum absolute atomic E-state index is 0.0241. The minimum Gasteiger partial charge on any atom is -0.494 e. The van der Waals surface area contributed by atoms with E-state index in [-0.39, 0.29) is 28.5 Å². The molecule has 0 aliphatic carbocycles. The first-order chi connectivity index (χ1) is 11.7. The lowest BCUT2D eigenvalue weighted by atomic mass is 9.93. The van der Waals surface area contributed by atoms with Gasteiger partial charge in [-0.15, -0.1) is 11.3 Å². The molecule has 0 aliphatic heterocycles. The van der Waals surface area contributed by atoms with Crippen LogP contribution < -0.4 is 10.1 Å². The number of benzene rings is 1. The van der Waals surface area contributed by atoms with E-state index in [9.17, 15) is 14.9 Å². The number of rotatable bonds is 6. The first kappa shape index (κ1) is 19.2. The number of amides is 1. The number of nitro groups is 1. The number of thioether (sulfide) groups is 1. The van der Waals surface area contributed by atoms with Crippen molar-refractivity contribution in [3.63, 3.8) is 0 Å². The third-order valence-electron chi connectivity index (χ3n) is 3.25. The third kappa shape index (κ3) is 5.17. The smallest absolute Gasteiger partial charge is 0.273 e. The Morgan fingerprint density at radius 2 is 2.16 bits per heavy atom. The van der Waals surface area contributed by atoms with Crippen molar-refractivity contribution < 1.29 is 14.5 Å². The standard InChI is InChI=1S/C16H19N3O4S2/c1-16(2,3)13-8-24-15(18-13)25-9-14(20)17-11-6-5-10(19(21)22)7-12(11)23-4/h5-8H,9H2,1-4H3,(H,17,20). The lowest BCUT2D eigenvalue weighted by Gasteiger charge is -2.14. The molecule has 0 aliphatic rings. The zero-order valence-corrected chi connectivity index (χ0v) is 16.0. The molecule has 0 radical (unpaired) electrons. The number of nitro benzene ring substituents is 1. The number of hydrogen-bond donors (Lipinski definition) is 1. The van der Waals surface area contributed by atoms with E-state index in [1.54, 1.807) is 0 Å². The van der Waals surface area contributed by atoms with Crippen LogP contribution in [-0.2, 0) is 10.2 Å². The van der Waals surface area contributed by atoms with Crippen molar-refractivity contribution in [1.29, 1.82) is 0 Å². The van der Waals surface area contributed by atoms with Gasteiger partial charge in [0.2, 0.25) is 5.91 Å². The molecule has 0 atom stereocenters. The van der Waals surface area contributed by atoms with Crippen molar-refractivity contribution in [2.75, 3.05) is 18.2 Å². The van der Waals surface area contributed by atoms with Crippen LogP contribution in [-0.4, -0.2) is 28.7 Å². The largest absolute Gasteiger partial charge is 0.494 e. The van der Waals surface area contributed by atoms with Crippen LogP contribution in [0.3, 0.4) is 0 Å². The minimum atomic E-state index is -0.515. The summed E-state index contributed by atoms with van der Waals surface area (Å²) >= 11 is 2.86. The Balaban J connectivity index is 1.98. The second kappa shape index (κ2) is 7.83. The summed E-state index contributed by atoms with van der Waals surface area (Å²) in [7, 11) is 1.40. The van der Waals surface area contributed by atoms with E-state index in [1.165, 1.54) is 48.4 Å². The Hall–Kier alpha value is -2.13. The van der Waals surface area contributed by atoms with Crippen LogP contribution in [0.15, 0.2) is 27.9 Å². The summed E-state index contributed by atoms with van der Waals surface area (Å²) in [6, 6.07) is 4.06. The molecule has 0 unspecified atom stereocenters. The Morgan fingerprint density at radius 1 is 1.44 bits per heavy atom. The average molecular weight is 381 g/mol. The number of methoxy groups -OCH3 is 1. The van der Waals surface area contributed by atoms with E-state index < -0.39 is 4.92 Å². The summed E-state index contributed by atoms with van der Waals surface area (Å²) in [5.41, 5.74) is 1.27. The van der Waals surface area contributed by atoms with Crippen LogP contribution in [0, 0.1) is 10.1 Å². The molecule has 0 saturated heterocycles. The van der Waals surface area contributed by atoms with Crippen molar-refractivity contribution in [2.45, 2.75) is 30.5 Å². The highest BCUT2D eigenvalue weighted by Gasteiger charge is 2.18. The molecule has 0 spiro atoms. The normalized spacial score (nSPS) is 11.2. The van der Waals surface area contributed by atoms with Gasteiger partial charge in [0, 0.05) is 16.9 Å². The second-order valence-electron chi connectivity index (χ2n) is 6.23. The number of ether oxygens (including phenoxy) is 1. The Labute approximate surface area is 154 Å². The number of carbonyl (C=O) groups excluding carboxylic acids is 1. The molecule has 0 fully saturated rings. The van der Waals surface area contributed by atoms with E-state index in [2.05, 4.69) is 31.1 Å². The molecular weight excluding hydrogens is 362 g/mol. The molecule has 1 aromatic heterocycles. The van der Waals surface area contributed by atoms with Crippen LogP contribution in [0.1, 0.15) is 26.5 Å². The summed E-state index contributed by atoms with van der Waals surface area (Å²) in [4.78, 5) is 26.9. The lowest BCUT2D eigenvalue weighted by molar-refractivity contribution is -0.384. The predicted octanol–water partition coefficient (Wildman–Crippen LogP) is 4.09. The van der Waals surface area contributed by atoms with Crippen LogP contribution >= 0.6 is 23.1 Å². The Bertz CT molecular complexity index is 784. The van der Waals surface area contributed by atoms with Gasteiger partial charge in [0.25, 0.3) is 5.69 Å². The van der Waals surface area contributed by atoms with E-state index in [1.807, 2.05) is 5.38 Å². The Kier molecular flexibility index (Phi) is 6.02. The summed E-state index contributed by atoms with van der Waals surface area (Å²) in [6.45, 7) is 6.26. The number of non-ortho nitro benzene ring substituents is 1. The van der Waals surface area contributed by atoms with Gasteiger partial charge in [-0.05, 0) is 6.07 Å². The molecule has 1 aromatic carbocycles. The summed E-state index contributed by atoms with van der Waals surface area (Å²) < 4.78 is 5.93. The van der Waals surface area contributed by atoms with Gasteiger partial charge >= 0.3 is 0 Å². The maximum Gasteiger partial charge on any atom is 0.273 e. The number of carbonyl (C=O) groups is 1. The molecule has 7 nitrogen and oxygen atoms in total. The molecular formula is C16H19N3O4S2. The van der Waals surface area contributed by atoms with E-state index in [0.29, 0.717) is 5.69 Å². The van der Waals surface area contributed by atoms with Gasteiger partial charge in [0.15, 0.2) is 4.34 Å². The number of thiazole rings is 1. The van der Waals surface area contributed by atoms with Crippen LogP contribution in [0.5, 0.6) is 5.75 Å². The molecule has 2 rings (SSSR count). The number of anilines is 1. The molecule has 0 bridgehead atoms. The molecule has 1 amide bonds. The predicted molar refractivity (Wildman–Crippen MR) is 99.8 cm³/mol. The highest BCUT2D eigenvalue weighted by atomic mass is 32.2. The van der Waals surface area contributed by atoms with Crippen molar-refractivity contribution in [3.8, 4) is 5.75 Å². The van der Waals surface area contributed by atoms with Gasteiger partial charge in [0.05, 0.1) is 35.2 Å². The second-order valence-corrected chi connectivity index (χ2v) is 8.31. The van der Waals surface area contributed by atoms with E-state index in [0.717, 1.165) is 10.0 Å². The number of nitrogens with one attached hydrogen (secondary N) is 1. The quantitative estimate of drug-likeness (QED) is 0.460. The first-order valence-corrected chi connectivity index (χ1v) is 9.28. The third-order valence-corrected chi connectivity index (χ3v) is 5.27. The summed E-state index contributed by atoms with van der Waals surface area (Å²) in [5.74, 6) is 0.207. The highest BCUT2D eigenvalue weighted by molar-refractivity contribution is 8.01. The monoisotopic (exact) mass is 381 g/mol. The molecule has 134 valence electrons. The Morgan fingerprint density at radius 3 is 2.72 bits per heavy atom. The maximum absolute atomic E-state index is 12.1. The lowest BCUT2D eigenvalue weighted by Crippen LogP contribution is -2.15. The van der Waals surface area contributed by atoms with Crippen LogP contribution in [0.2, 0.25) is 0 Å². The highest BCUT2D eigenvalue weighted by Crippen LogP contribution is 2.31. The van der Waals surface area contributed by atoms with E-state index >= 15 is 0 Å². The first-order valence-electron chi connectivity index (χ1n) is 7.42. The van der Waals surface area contributed by atoms with Gasteiger partial charge in [-0.2, -0.15) is 0 Å². The average Bonchev–Trinajstić information content (AvgIpc) is 3.02. The van der Waals surface area contributed by atoms with Gasteiger partial charge in [0.1, 0.15) is 5.75 Å². The van der Waals surface area contributed by atoms with E-state index in [4.69, 9.17) is 4.74 Å². The van der Waals surface area contributed by atoms with Crippen molar-refractivity contribution in [3.05, 3.63) is 39.4 Å². The number of hydrogen-bond acceptors (Lipinski definition) is 7. The SMILES string of the molecule is COc1cc([N+](=O)[O-])ccc1NC(=O)CSc1nc(C(C)(C)C)cs1.